The van der Waals surface area contributed by atoms with E-state index in [1.165, 1.54) is 47.5 Å². The lowest BCUT2D eigenvalue weighted by Crippen LogP contribution is -2.43. The van der Waals surface area contributed by atoms with Crippen LogP contribution in [0, 0.1) is 5.82 Å². The highest BCUT2D eigenvalue weighted by molar-refractivity contribution is 6.33. The normalized spacial score (nSPS) is 11.6. The van der Waals surface area contributed by atoms with Gasteiger partial charge in [0, 0.05) is 48.0 Å². The van der Waals surface area contributed by atoms with E-state index in [0.29, 0.717) is 23.6 Å². The van der Waals surface area contributed by atoms with E-state index < -0.39 is 23.7 Å². The summed E-state index contributed by atoms with van der Waals surface area (Å²) >= 11 is 12.9. The Bertz CT molecular complexity index is 1990. The van der Waals surface area contributed by atoms with Gasteiger partial charge >= 0.3 is 0 Å². The van der Waals surface area contributed by atoms with Crippen molar-refractivity contribution in [3.63, 3.8) is 0 Å². The van der Waals surface area contributed by atoms with Gasteiger partial charge in [0.05, 0.1) is 11.6 Å². The lowest BCUT2D eigenvalue weighted by atomic mass is 10.0. The molecule has 13 heteroatoms. The van der Waals surface area contributed by atoms with Crippen LogP contribution in [0.1, 0.15) is 27.7 Å². The molecule has 0 aliphatic rings. The first-order valence-corrected chi connectivity index (χ1v) is 15.5. The van der Waals surface area contributed by atoms with Crippen molar-refractivity contribution in [3.8, 4) is 17.1 Å². The van der Waals surface area contributed by atoms with Gasteiger partial charge in [-0.1, -0.05) is 58.7 Å². The molecule has 0 saturated heterocycles. The second-order valence-electron chi connectivity index (χ2n) is 10.6. The molecule has 242 valence electrons. The van der Waals surface area contributed by atoms with Crippen molar-refractivity contribution in [1.82, 2.24) is 24.8 Å². The van der Waals surface area contributed by atoms with Crippen LogP contribution in [0.3, 0.4) is 0 Å². The Hall–Kier alpha value is -5.52. The Balaban J connectivity index is 1.30. The van der Waals surface area contributed by atoms with Crippen molar-refractivity contribution in [2.75, 3.05) is 11.9 Å². The maximum atomic E-state index is 14.2. The van der Waals surface area contributed by atoms with E-state index in [1.807, 2.05) is 30.3 Å². The van der Waals surface area contributed by atoms with E-state index >= 15 is 0 Å². The van der Waals surface area contributed by atoms with Gasteiger partial charge in [-0.25, -0.2) is 9.37 Å². The maximum Gasteiger partial charge on any atom is 0.277 e. The highest BCUT2D eigenvalue weighted by atomic mass is 35.5. The van der Waals surface area contributed by atoms with Gasteiger partial charge in [0.25, 0.3) is 11.8 Å². The molecule has 0 saturated carbocycles. The van der Waals surface area contributed by atoms with Crippen LogP contribution < -0.4 is 10.1 Å². The average Bonchev–Trinajstić information content (AvgIpc) is 3.81. The summed E-state index contributed by atoms with van der Waals surface area (Å²) in [4.78, 5) is 33.8. The first-order valence-electron chi connectivity index (χ1n) is 14.7. The number of pyridine rings is 1. The third-order valence-electron chi connectivity index (χ3n) is 7.32. The molecule has 1 unspecified atom stereocenters. The van der Waals surface area contributed by atoms with Crippen LogP contribution in [0.25, 0.3) is 11.3 Å². The van der Waals surface area contributed by atoms with Gasteiger partial charge in [-0.05, 0) is 66.2 Å². The van der Waals surface area contributed by atoms with Crippen molar-refractivity contribution in [3.05, 3.63) is 148 Å². The zero-order chi connectivity index (χ0) is 33.5. The van der Waals surface area contributed by atoms with E-state index in [1.54, 1.807) is 47.4 Å². The fourth-order valence-electron chi connectivity index (χ4n) is 4.94. The number of aromatic nitrogens is 4. The smallest absolute Gasteiger partial charge is 0.277 e. The number of carbonyl (C=O) groups excluding carboxylic acids is 2. The van der Waals surface area contributed by atoms with Crippen LogP contribution in [0.4, 0.5) is 10.1 Å². The number of hydrogen-bond acceptors (Lipinski definition) is 7. The zero-order valence-electron chi connectivity index (χ0n) is 25.2. The van der Waals surface area contributed by atoms with Crippen molar-refractivity contribution < 1.29 is 23.2 Å². The van der Waals surface area contributed by atoms with Crippen LogP contribution in [0.15, 0.2) is 120 Å². The number of benzene rings is 3. The quantitative estimate of drug-likeness (QED) is 0.133. The summed E-state index contributed by atoms with van der Waals surface area (Å²) in [6.07, 6.45) is 4.66. The van der Waals surface area contributed by atoms with E-state index in [9.17, 15) is 14.0 Å². The summed E-state index contributed by atoms with van der Waals surface area (Å²) in [5.41, 5.74) is 2.15. The van der Waals surface area contributed by atoms with E-state index in [-0.39, 0.29) is 40.3 Å². The van der Waals surface area contributed by atoms with Crippen LogP contribution in [-0.4, -0.2) is 43.2 Å². The maximum absolute atomic E-state index is 14.2. The molecule has 10 nitrogen and oxygen atoms in total. The van der Waals surface area contributed by atoms with Crippen molar-refractivity contribution >= 4 is 40.7 Å². The number of carbonyl (C=O) groups is 2. The molecular formula is C35H27Cl2FN6O4. The number of anilines is 1. The van der Waals surface area contributed by atoms with E-state index in [4.69, 9.17) is 32.5 Å². The molecule has 3 aromatic carbocycles. The summed E-state index contributed by atoms with van der Waals surface area (Å²) in [6.45, 7) is 0.628. The molecule has 48 heavy (non-hydrogen) atoms. The lowest BCUT2D eigenvalue weighted by molar-refractivity contribution is -0.120. The number of halogens is 3. The second-order valence-corrected chi connectivity index (χ2v) is 11.4. The molecule has 0 radical (unpaired) electrons. The van der Waals surface area contributed by atoms with Gasteiger partial charge in [-0.3, -0.25) is 14.3 Å². The largest absolute Gasteiger partial charge is 0.489 e. The van der Waals surface area contributed by atoms with Gasteiger partial charge in [-0.15, -0.1) is 0 Å². The summed E-state index contributed by atoms with van der Waals surface area (Å²) in [5, 5.41) is 11.3. The number of hydrogen-bond donors (Lipinski definition) is 1. The number of amides is 2. The Kier molecular flexibility index (Phi) is 10.1. The standard InChI is InChI=1S/C35H27Cl2FN6O4/c36-29-21-39-32(37)19-28(29)33(34(45)41-26-11-13-27(14-12-26)47-22-23-5-2-1-3-6-23)44(18-17-43-16-4-15-40-43)35(46)30-20-31(48-42-30)24-7-9-25(38)10-8-24/h1-16,19-21,33H,17-18,22H2,(H,41,45). The first kappa shape index (κ1) is 32.4. The van der Waals surface area contributed by atoms with Gasteiger partial charge in [0.2, 0.25) is 0 Å². The molecule has 0 fully saturated rings. The van der Waals surface area contributed by atoms with Crippen LogP contribution in [0.5, 0.6) is 5.75 Å². The minimum absolute atomic E-state index is 0.0138. The summed E-state index contributed by atoms with van der Waals surface area (Å²) < 4.78 is 26.5. The molecule has 0 bridgehead atoms. The molecule has 6 rings (SSSR count). The predicted octanol–water partition coefficient (Wildman–Crippen LogP) is 7.48. The monoisotopic (exact) mass is 684 g/mol. The highest BCUT2D eigenvalue weighted by Gasteiger charge is 2.35. The molecule has 1 N–H and O–H groups in total. The van der Waals surface area contributed by atoms with Crippen molar-refractivity contribution in [1.29, 1.82) is 0 Å². The minimum atomic E-state index is -1.29. The second kappa shape index (κ2) is 14.9. The molecule has 2 amide bonds. The predicted molar refractivity (Wildman–Crippen MR) is 178 cm³/mol. The van der Waals surface area contributed by atoms with Crippen LogP contribution >= 0.6 is 23.2 Å². The lowest BCUT2D eigenvalue weighted by Gasteiger charge is -2.31. The summed E-state index contributed by atoms with van der Waals surface area (Å²) in [7, 11) is 0. The highest BCUT2D eigenvalue weighted by Crippen LogP contribution is 2.32. The van der Waals surface area contributed by atoms with Gasteiger partial charge in [-0.2, -0.15) is 5.10 Å². The Morgan fingerprint density at radius 2 is 1.75 bits per heavy atom. The van der Waals surface area contributed by atoms with Gasteiger partial charge in [0.15, 0.2) is 11.5 Å². The molecule has 0 aliphatic heterocycles. The number of nitrogens with one attached hydrogen (secondary N) is 1. The van der Waals surface area contributed by atoms with Gasteiger partial charge in [0.1, 0.15) is 29.4 Å². The number of rotatable bonds is 12. The Morgan fingerprint density at radius 1 is 0.979 bits per heavy atom. The average molecular weight is 686 g/mol. The number of ether oxygens (including phenoxy) is 1. The fraction of sp³-hybridized carbons (Fsp3) is 0.114. The fourth-order valence-corrected chi connectivity index (χ4v) is 5.31. The van der Waals surface area contributed by atoms with Crippen LogP contribution in [0.2, 0.25) is 10.2 Å². The zero-order valence-corrected chi connectivity index (χ0v) is 26.7. The number of nitrogens with zero attached hydrogens (tertiary/aromatic N) is 5. The van der Waals surface area contributed by atoms with E-state index in [2.05, 4.69) is 20.6 Å². The molecule has 6 aromatic rings. The molecular weight excluding hydrogens is 658 g/mol. The SMILES string of the molecule is O=C(Nc1ccc(OCc2ccccc2)cc1)C(c1cc(Cl)ncc1Cl)N(CCn1cccn1)C(=O)c1cc(-c2ccc(F)cc2)on1. The van der Waals surface area contributed by atoms with Crippen LogP contribution in [-0.2, 0) is 17.9 Å². The third kappa shape index (κ3) is 7.88. The first-order chi connectivity index (χ1) is 23.3. The summed E-state index contributed by atoms with van der Waals surface area (Å²) in [5.74, 6) is -0.779. The third-order valence-corrected chi connectivity index (χ3v) is 7.85. The minimum Gasteiger partial charge on any atom is -0.489 e. The molecule has 1 atom stereocenters. The Morgan fingerprint density at radius 3 is 2.48 bits per heavy atom. The van der Waals surface area contributed by atoms with E-state index in [0.717, 1.165) is 5.56 Å². The van der Waals surface area contributed by atoms with Gasteiger partial charge < -0.3 is 19.5 Å². The van der Waals surface area contributed by atoms with Crippen molar-refractivity contribution in [2.45, 2.75) is 19.2 Å². The Labute approximate surface area is 284 Å². The molecule has 3 heterocycles. The summed E-state index contributed by atoms with van der Waals surface area (Å²) in [6, 6.07) is 25.5. The van der Waals surface area contributed by atoms with Crippen molar-refractivity contribution in [2.24, 2.45) is 0 Å². The topological polar surface area (TPSA) is 115 Å². The molecule has 0 spiro atoms. The molecule has 0 aliphatic carbocycles. The molecule has 3 aromatic heterocycles.